The standard InChI is InChI=1S/C11H13N3OS/c1-7-3-4-9(16-7)11(12)8-5-10(15-2)14-6-13-8/h3-6,11H,12H2,1-2H3. The van der Waals surface area contributed by atoms with Crippen molar-refractivity contribution in [2.24, 2.45) is 5.73 Å². The summed E-state index contributed by atoms with van der Waals surface area (Å²) < 4.78 is 5.04. The first kappa shape index (κ1) is 11.0. The molecule has 2 heterocycles. The Morgan fingerprint density at radius 1 is 1.38 bits per heavy atom. The van der Waals surface area contributed by atoms with Crippen molar-refractivity contribution in [1.29, 1.82) is 0 Å². The Morgan fingerprint density at radius 3 is 2.81 bits per heavy atom. The third kappa shape index (κ3) is 2.20. The largest absolute Gasteiger partial charge is 0.481 e. The number of ether oxygens (including phenoxy) is 1. The van der Waals surface area contributed by atoms with E-state index in [-0.39, 0.29) is 6.04 Å². The molecule has 84 valence electrons. The average molecular weight is 235 g/mol. The van der Waals surface area contributed by atoms with Crippen molar-refractivity contribution in [3.05, 3.63) is 40.0 Å². The molecule has 0 radical (unpaired) electrons. The highest BCUT2D eigenvalue weighted by atomic mass is 32.1. The van der Waals surface area contributed by atoms with Gasteiger partial charge in [0, 0.05) is 15.8 Å². The molecule has 5 heteroatoms. The van der Waals surface area contributed by atoms with E-state index in [1.54, 1.807) is 24.5 Å². The highest BCUT2D eigenvalue weighted by Gasteiger charge is 2.13. The highest BCUT2D eigenvalue weighted by molar-refractivity contribution is 7.12. The van der Waals surface area contributed by atoms with Crippen LogP contribution in [0.4, 0.5) is 0 Å². The number of nitrogens with zero attached hydrogens (tertiary/aromatic N) is 2. The molecule has 0 saturated carbocycles. The summed E-state index contributed by atoms with van der Waals surface area (Å²) in [6, 6.07) is 5.63. The predicted octanol–water partition coefficient (Wildman–Crippen LogP) is 1.90. The number of thiophene rings is 1. The summed E-state index contributed by atoms with van der Waals surface area (Å²) in [6.07, 6.45) is 1.47. The molecule has 2 rings (SSSR count). The van der Waals surface area contributed by atoms with E-state index in [0.717, 1.165) is 10.6 Å². The minimum atomic E-state index is -0.212. The number of aryl methyl sites for hydroxylation is 1. The molecule has 2 aromatic heterocycles. The van der Waals surface area contributed by atoms with Crippen molar-refractivity contribution in [1.82, 2.24) is 9.97 Å². The zero-order valence-corrected chi connectivity index (χ0v) is 9.99. The van der Waals surface area contributed by atoms with E-state index in [9.17, 15) is 0 Å². The van der Waals surface area contributed by atoms with E-state index in [0.29, 0.717) is 5.88 Å². The van der Waals surface area contributed by atoms with Gasteiger partial charge in [-0.25, -0.2) is 9.97 Å². The first-order chi connectivity index (χ1) is 7.70. The molecule has 0 aliphatic carbocycles. The Bertz CT molecular complexity index is 484. The molecule has 0 bridgehead atoms. The zero-order valence-electron chi connectivity index (χ0n) is 9.18. The lowest BCUT2D eigenvalue weighted by Crippen LogP contribution is -2.12. The Labute approximate surface area is 98.1 Å². The topological polar surface area (TPSA) is 61.0 Å². The molecular weight excluding hydrogens is 222 g/mol. The van der Waals surface area contributed by atoms with Gasteiger partial charge in [-0.1, -0.05) is 0 Å². The van der Waals surface area contributed by atoms with Gasteiger partial charge in [-0.3, -0.25) is 0 Å². The Balaban J connectivity index is 2.29. The fourth-order valence-electron chi connectivity index (χ4n) is 1.40. The maximum Gasteiger partial charge on any atom is 0.216 e. The summed E-state index contributed by atoms with van der Waals surface area (Å²) in [7, 11) is 1.58. The summed E-state index contributed by atoms with van der Waals surface area (Å²) in [5.41, 5.74) is 6.89. The van der Waals surface area contributed by atoms with Crippen LogP contribution in [0, 0.1) is 6.92 Å². The number of nitrogens with two attached hydrogens (primary N) is 1. The third-order valence-corrected chi connectivity index (χ3v) is 3.34. The van der Waals surface area contributed by atoms with E-state index < -0.39 is 0 Å². The molecule has 0 aliphatic rings. The number of aromatic nitrogens is 2. The summed E-state index contributed by atoms with van der Waals surface area (Å²) in [5, 5.41) is 0. The first-order valence-electron chi connectivity index (χ1n) is 4.88. The lowest BCUT2D eigenvalue weighted by atomic mass is 10.2. The molecule has 0 amide bonds. The van der Waals surface area contributed by atoms with Crippen LogP contribution in [0.25, 0.3) is 0 Å². The highest BCUT2D eigenvalue weighted by Crippen LogP contribution is 2.25. The van der Waals surface area contributed by atoms with Crippen LogP contribution in [-0.4, -0.2) is 17.1 Å². The van der Waals surface area contributed by atoms with Crippen LogP contribution in [0.2, 0.25) is 0 Å². The number of rotatable bonds is 3. The maximum atomic E-state index is 6.12. The van der Waals surface area contributed by atoms with E-state index in [1.165, 1.54) is 11.2 Å². The van der Waals surface area contributed by atoms with Gasteiger partial charge >= 0.3 is 0 Å². The average Bonchev–Trinajstić information content (AvgIpc) is 2.75. The summed E-state index contributed by atoms with van der Waals surface area (Å²) in [4.78, 5) is 10.5. The van der Waals surface area contributed by atoms with Crippen LogP contribution in [0.15, 0.2) is 24.5 Å². The monoisotopic (exact) mass is 235 g/mol. The van der Waals surface area contributed by atoms with Crippen molar-refractivity contribution in [2.45, 2.75) is 13.0 Å². The Kier molecular flexibility index (Phi) is 3.17. The number of methoxy groups -OCH3 is 1. The SMILES string of the molecule is COc1cc(C(N)c2ccc(C)s2)ncn1. The van der Waals surface area contributed by atoms with E-state index in [1.807, 2.05) is 6.07 Å². The van der Waals surface area contributed by atoms with Crippen molar-refractivity contribution < 1.29 is 4.74 Å². The molecule has 0 fully saturated rings. The van der Waals surface area contributed by atoms with Crippen molar-refractivity contribution in [3.63, 3.8) is 0 Å². The second-order valence-electron chi connectivity index (χ2n) is 3.41. The van der Waals surface area contributed by atoms with Gasteiger partial charge in [0.15, 0.2) is 0 Å². The van der Waals surface area contributed by atoms with Crippen LogP contribution in [0.5, 0.6) is 5.88 Å². The molecule has 2 N–H and O–H groups in total. The Hall–Kier alpha value is -1.46. The number of hydrogen-bond acceptors (Lipinski definition) is 5. The smallest absolute Gasteiger partial charge is 0.216 e. The van der Waals surface area contributed by atoms with Crippen LogP contribution in [-0.2, 0) is 0 Å². The minimum Gasteiger partial charge on any atom is -0.481 e. The molecule has 4 nitrogen and oxygen atoms in total. The van der Waals surface area contributed by atoms with Crippen LogP contribution in [0.1, 0.15) is 21.5 Å². The molecule has 0 spiro atoms. The van der Waals surface area contributed by atoms with Gasteiger partial charge in [-0.2, -0.15) is 0 Å². The number of hydrogen-bond donors (Lipinski definition) is 1. The Morgan fingerprint density at radius 2 is 2.19 bits per heavy atom. The fraction of sp³-hybridized carbons (Fsp3) is 0.273. The normalized spacial score (nSPS) is 12.4. The molecule has 16 heavy (non-hydrogen) atoms. The van der Waals surface area contributed by atoms with Gasteiger partial charge in [0.05, 0.1) is 18.8 Å². The minimum absolute atomic E-state index is 0.212. The van der Waals surface area contributed by atoms with Gasteiger partial charge in [0.1, 0.15) is 6.33 Å². The predicted molar refractivity (Wildman–Crippen MR) is 63.7 cm³/mol. The van der Waals surface area contributed by atoms with Crippen LogP contribution >= 0.6 is 11.3 Å². The molecule has 0 aliphatic heterocycles. The second kappa shape index (κ2) is 4.59. The molecule has 2 aromatic rings. The summed E-state index contributed by atoms with van der Waals surface area (Å²) >= 11 is 1.68. The third-order valence-electron chi connectivity index (χ3n) is 2.26. The van der Waals surface area contributed by atoms with E-state index >= 15 is 0 Å². The lowest BCUT2D eigenvalue weighted by molar-refractivity contribution is 0.395. The van der Waals surface area contributed by atoms with Crippen LogP contribution in [0.3, 0.4) is 0 Å². The molecule has 1 unspecified atom stereocenters. The first-order valence-corrected chi connectivity index (χ1v) is 5.70. The quantitative estimate of drug-likeness (QED) is 0.882. The van der Waals surface area contributed by atoms with Crippen molar-refractivity contribution >= 4 is 11.3 Å². The van der Waals surface area contributed by atoms with Gasteiger partial charge in [0.2, 0.25) is 5.88 Å². The van der Waals surface area contributed by atoms with Crippen LogP contribution < -0.4 is 10.5 Å². The van der Waals surface area contributed by atoms with Gasteiger partial charge in [-0.05, 0) is 19.1 Å². The summed E-state index contributed by atoms with van der Waals surface area (Å²) in [5.74, 6) is 0.536. The van der Waals surface area contributed by atoms with Gasteiger partial charge < -0.3 is 10.5 Å². The molecule has 1 atom stereocenters. The lowest BCUT2D eigenvalue weighted by Gasteiger charge is -2.09. The van der Waals surface area contributed by atoms with E-state index in [4.69, 9.17) is 10.5 Å². The zero-order chi connectivity index (χ0) is 11.5. The van der Waals surface area contributed by atoms with Crippen molar-refractivity contribution in [3.8, 4) is 5.88 Å². The van der Waals surface area contributed by atoms with Gasteiger partial charge in [0.25, 0.3) is 0 Å². The maximum absolute atomic E-state index is 6.12. The van der Waals surface area contributed by atoms with Crippen molar-refractivity contribution in [2.75, 3.05) is 7.11 Å². The molecular formula is C11H13N3OS. The fourth-order valence-corrected chi connectivity index (χ4v) is 2.29. The summed E-state index contributed by atoms with van der Waals surface area (Å²) in [6.45, 7) is 2.06. The molecule has 0 aromatic carbocycles. The van der Waals surface area contributed by atoms with Gasteiger partial charge in [-0.15, -0.1) is 11.3 Å². The van der Waals surface area contributed by atoms with E-state index in [2.05, 4.69) is 23.0 Å². The molecule has 0 saturated heterocycles. The second-order valence-corrected chi connectivity index (χ2v) is 4.73.